The normalized spacial score (nSPS) is 21.0. The van der Waals surface area contributed by atoms with Crippen LogP contribution in [0, 0.1) is 5.92 Å². The van der Waals surface area contributed by atoms with Crippen molar-refractivity contribution >= 4 is 16.9 Å². The summed E-state index contributed by atoms with van der Waals surface area (Å²) in [4.78, 5) is 6.87. The molecule has 94 valence electrons. The monoisotopic (exact) mass is 243 g/mol. The zero-order chi connectivity index (χ0) is 12.1. The van der Waals surface area contributed by atoms with Crippen molar-refractivity contribution in [1.29, 1.82) is 0 Å². The van der Waals surface area contributed by atoms with Crippen LogP contribution < -0.4 is 5.32 Å². The lowest BCUT2D eigenvalue weighted by atomic mass is 10.1. The molecule has 0 aromatic carbocycles. The Morgan fingerprint density at radius 2 is 2.12 bits per heavy atom. The Hall–Kier alpha value is -0.220. The van der Waals surface area contributed by atoms with Gasteiger partial charge in [0, 0.05) is 24.4 Å². The van der Waals surface area contributed by atoms with Crippen LogP contribution in [0.25, 0.3) is 0 Å². The van der Waals surface area contributed by atoms with Gasteiger partial charge in [-0.2, -0.15) is 0 Å². The molecule has 1 unspecified atom stereocenters. The maximum Gasteiger partial charge on any atom is 0.156 e. The summed E-state index contributed by atoms with van der Waals surface area (Å²) >= 11 is 1.90. The third-order valence-electron chi connectivity index (χ3n) is 3.04. The average molecular weight is 243 g/mol. The molecule has 4 heteroatoms. The van der Waals surface area contributed by atoms with Crippen LogP contribution in [0.2, 0.25) is 0 Å². The molecule has 0 radical (unpaired) electrons. The van der Waals surface area contributed by atoms with Gasteiger partial charge in [0.1, 0.15) is 0 Å². The van der Waals surface area contributed by atoms with Gasteiger partial charge < -0.3 is 10.2 Å². The average Bonchev–Trinajstić information content (AvgIpc) is 2.66. The summed E-state index contributed by atoms with van der Waals surface area (Å²) in [6.07, 6.45) is 0. The molecule has 1 aliphatic rings. The third kappa shape index (κ3) is 4.34. The van der Waals surface area contributed by atoms with Gasteiger partial charge in [-0.1, -0.05) is 25.6 Å². The molecular weight excluding hydrogens is 218 g/mol. The minimum Gasteiger partial charge on any atom is -0.364 e. The molecule has 1 atom stereocenters. The molecule has 0 aromatic rings. The Bertz CT molecular complexity index is 238. The molecule has 1 heterocycles. The highest BCUT2D eigenvalue weighted by Gasteiger charge is 2.22. The Balaban J connectivity index is 2.16. The van der Waals surface area contributed by atoms with Crippen LogP contribution in [0.1, 0.15) is 27.7 Å². The Kier molecular flexibility index (Phi) is 5.62. The van der Waals surface area contributed by atoms with E-state index in [2.05, 4.69) is 50.0 Å². The highest BCUT2D eigenvalue weighted by atomic mass is 32.2. The van der Waals surface area contributed by atoms with Gasteiger partial charge in [0.25, 0.3) is 0 Å². The van der Waals surface area contributed by atoms with E-state index in [1.807, 2.05) is 11.8 Å². The lowest BCUT2D eigenvalue weighted by molar-refractivity contribution is 0.278. The summed E-state index contributed by atoms with van der Waals surface area (Å²) < 4.78 is 0. The van der Waals surface area contributed by atoms with E-state index in [1.54, 1.807) is 0 Å². The SMILES string of the molecule is CC(C)C1CN=C(NCCN(C)C(C)C)S1. The molecule has 1 N–H and O–H groups in total. The third-order valence-corrected chi connectivity index (χ3v) is 4.54. The number of rotatable bonds is 5. The molecule has 3 nitrogen and oxygen atoms in total. The first-order valence-corrected chi connectivity index (χ1v) is 7.04. The predicted octanol–water partition coefficient (Wildman–Crippen LogP) is 2.04. The second-order valence-corrected chi connectivity index (χ2v) is 6.28. The standard InChI is InChI=1S/C12H25N3S/c1-9(2)11-8-14-12(16-11)13-6-7-15(5)10(3)4/h9-11H,6-8H2,1-5H3,(H,13,14). The van der Waals surface area contributed by atoms with E-state index < -0.39 is 0 Å². The summed E-state index contributed by atoms with van der Waals surface area (Å²) in [5.41, 5.74) is 0. The van der Waals surface area contributed by atoms with Gasteiger partial charge in [0.2, 0.25) is 0 Å². The van der Waals surface area contributed by atoms with E-state index in [1.165, 1.54) is 0 Å². The molecular formula is C12H25N3S. The van der Waals surface area contributed by atoms with E-state index >= 15 is 0 Å². The molecule has 0 bridgehead atoms. The Morgan fingerprint density at radius 1 is 1.44 bits per heavy atom. The number of thioether (sulfide) groups is 1. The van der Waals surface area contributed by atoms with Crippen molar-refractivity contribution in [2.75, 3.05) is 26.7 Å². The molecule has 0 amide bonds. The summed E-state index contributed by atoms with van der Waals surface area (Å²) in [6, 6.07) is 0.614. The topological polar surface area (TPSA) is 27.6 Å². The Labute approximate surface area is 104 Å². The predicted molar refractivity (Wildman–Crippen MR) is 74.3 cm³/mol. The first-order valence-electron chi connectivity index (χ1n) is 6.16. The molecule has 1 aliphatic heterocycles. The lowest BCUT2D eigenvalue weighted by Crippen LogP contribution is -2.35. The van der Waals surface area contributed by atoms with Crippen LogP contribution >= 0.6 is 11.8 Å². The number of amidine groups is 1. The Morgan fingerprint density at radius 3 is 2.62 bits per heavy atom. The van der Waals surface area contributed by atoms with Crippen LogP contribution in [0.3, 0.4) is 0 Å². The van der Waals surface area contributed by atoms with Crippen LogP contribution in [-0.4, -0.2) is 48.0 Å². The number of likely N-dealkylation sites (N-methyl/N-ethyl adjacent to an activating group) is 1. The van der Waals surface area contributed by atoms with Crippen LogP contribution in [0.4, 0.5) is 0 Å². The van der Waals surface area contributed by atoms with E-state index in [0.717, 1.165) is 24.8 Å². The molecule has 0 aromatic heterocycles. The van der Waals surface area contributed by atoms with Crippen molar-refractivity contribution in [2.45, 2.75) is 39.0 Å². The minimum absolute atomic E-state index is 0.614. The lowest BCUT2D eigenvalue weighted by Gasteiger charge is -2.21. The molecule has 0 aliphatic carbocycles. The van der Waals surface area contributed by atoms with Crippen molar-refractivity contribution in [3.05, 3.63) is 0 Å². The molecule has 1 rings (SSSR count). The van der Waals surface area contributed by atoms with Gasteiger partial charge in [0.05, 0.1) is 6.54 Å². The number of hydrogen-bond donors (Lipinski definition) is 1. The summed E-state index contributed by atoms with van der Waals surface area (Å²) in [5, 5.41) is 5.23. The smallest absolute Gasteiger partial charge is 0.156 e. The van der Waals surface area contributed by atoms with Gasteiger partial charge in [-0.25, -0.2) is 0 Å². The van der Waals surface area contributed by atoms with Crippen molar-refractivity contribution in [3.8, 4) is 0 Å². The van der Waals surface area contributed by atoms with E-state index in [-0.39, 0.29) is 0 Å². The van der Waals surface area contributed by atoms with E-state index in [4.69, 9.17) is 0 Å². The fourth-order valence-corrected chi connectivity index (χ4v) is 2.48. The molecule has 0 spiro atoms. The van der Waals surface area contributed by atoms with Gasteiger partial charge in [-0.05, 0) is 26.8 Å². The largest absolute Gasteiger partial charge is 0.364 e. The first-order chi connectivity index (χ1) is 7.50. The zero-order valence-electron chi connectivity index (χ0n) is 11.2. The number of aliphatic imine (C=N–C) groups is 1. The fraction of sp³-hybridized carbons (Fsp3) is 0.917. The number of nitrogens with zero attached hydrogens (tertiary/aromatic N) is 2. The summed E-state index contributed by atoms with van der Waals surface area (Å²) in [6.45, 7) is 12.0. The maximum atomic E-state index is 4.53. The number of nitrogens with one attached hydrogen (secondary N) is 1. The van der Waals surface area contributed by atoms with Crippen molar-refractivity contribution in [3.63, 3.8) is 0 Å². The van der Waals surface area contributed by atoms with Crippen LogP contribution in [-0.2, 0) is 0 Å². The summed E-state index contributed by atoms with van der Waals surface area (Å²) in [5.74, 6) is 0.714. The maximum absolute atomic E-state index is 4.53. The molecule has 0 saturated heterocycles. The van der Waals surface area contributed by atoms with Gasteiger partial charge in [0.15, 0.2) is 5.17 Å². The van der Waals surface area contributed by atoms with E-state index in [0.29, 0.717) is 17.2 Å². The van der Waals surface area contributed by atoms with Crippen molar-refractivity contribution < 1.29 is 0 Å². The summed E-state index contributed by atoms with van der Waals surface area (Å²) in [7, 11) is 2.16. The molecule has 16 heavy (non-hydrogen) atoms. The molecule has 0 saturated carbocycles. The van der Waals surface area contributed by atoms with Crippen LogP contribution in [0.15, 0.2) is 4.99 Å². The minimum atomic E-state index is 0.614. The second-order valence-electron chi connectivity index (χ2n) is 5.05. The van der Waals surface area contributed by atoms with Crippen molar-refractivity contribution in [2.24, 2.45) is 10.9 Å². The van der Waals surface area contributed by atoms with Crippen molar-refractivity contribution in [1.82, 2.24) is 10.2 Å². The van der Waals surface area contributed by atoms with Gasteiger partial charge in [-0.3, -0.25) is 4.99 Å². The van der Waals surface area contributed by atoms with Gasteiger partial charge in [-0.15, -0.1) is 0 Å². The fourth-order valence-electron chi connectivity index (χ4n) is 1.43. The second kappa shape index (κ2) is 6.50. The highest BCUT2D eigenvalue weighted by Crippen LogP contribution is 2.25. The van der Waals surface area contributed by atoms with Gasteiger partial charge >= 0.3 is 0 Å². The van der Waals surface area contributed by atoms with Crippen LogP contribution in [0.5, 0.6) is 0 Å². The molecule has 0 fully saturated rings. The highest BCUT2D eigenvalue weighted by molar-refractivity contribution is 8.14. The first kappa shape index (κ1) is 13.8. The quantitative estimate of drug-likeness (QED) is 0.801. The number of hydrogen-bond acceptors (Lipinski definition) is 4. The zero-order valence-corrected chi connectivity index (χ0v) is 12.0. The van der Waals surface area contributed by atoms with E-state index in [9.17, 15) is 0 Å².